The number of benzene rings is 1. The van der Waals surface area contributed by atoms with E-state index >= 15 is 0 Å². The molecule has 1 rings (SSSR count). The number of halogens is 1. The highest BCUT2D eigenvalue weighted by atomic mass is 35.5. The molecule has 0 saturated carbocycles. The molecule has 0 heterocycles. The molecule has 0 radical (unpaired) electrons. The molecule has 88 valence electrons. The summed E-state index contributed by atoms with van der Waals surface area (Å²) in [6.45, 7) is 3.34. The second-order valence-electron chi connectivity index (χ2n) is 3.51. The van der Waals surface area contributed by atoms with Gasteiger partial charge in [0.2, 0.25) is 0 Å². The van der Waals surface area contributed by atoms with Gasteiger partial charge in [0.05, 0.1) is 6.10 Å². The molecule has 0 unspecified atom stereocenters. The fourth-order valence-corrected chi connectivity index (χ4v) is 2.36. The first kappa shape index (κ1) is 13.4. The van der Waals surface area contributed by atoms with Crippen molar-refractivity contribution in [2.24, 2.45) is 0 Å². The van der Waals surface area contributed by atoms with Crippen molar-refractivity contribution >= 4 is 29.3 Å². The first-order valence-electron chi connectivity index (χ1n) is 5.13. The zero-order valence-corrected chi connectivity index (χ0v) is 11.0. The van der Waals surface area contributed by atoms with Crippen LogP contribution in [0.15, 0.2) is 29.2 Å². The zero-order valence-electron chi connectivity index (χ0n) is 9.40. The summed E-state index contributed by atoms with van der Waals surface area (Å²) in [6, 6.07) is 7.73. The third kappa shape index (κ3) is 5.42. The van der Waals surface area contributed by atoms with Crippen LogP contribution < -0.4 is 0 Å². The van der Waals surface area contributed by atoms with Gasteiger partial charge in [-0.3, -0.25) is 4.79 Å². The van der Waals surface area contributed by atoms with E-state index in [0.29, 0.717) is 0 Å². The number of carbonyl (C=O) groups excluding carboxylic acids is 1. The highest BCUT2D eigenvalue weighted by Gasteiger charge is 2.05. The first-order valence-corrected chi connectivity index (χ1v) is 6.50. The molecular weight excluding hydrogens is 244 g/mol. The van der Waals surface area contributed by atoms with Gasteiger partial charge in [-0.15, -0.1) is 11.8 Å². The molecule has 0 aromatic heterocycles. The zero-order chi connectivity index (χ0) is 12.0. The lowest BCUT2D eigenvalue weighted by atomic mass is 10.3. The van der Waals surface area contributed by atoms with Crippen LogP contribution in [0.4, 0.5) is 0 Å². The second kappa shape index (κ2) is 6.81. The summed E-state index contributed by atoms with van der Waals surface area (Å²) < 4.78 is 5.03. The van der Waals surface area contributed by atoms with E-state index in [-0.39, 0.29) is 12.1 Å². The maximum Gasteiger partial charge on any atom is 0.302 e. The van der Waals surface area contributed by atoms with Crippen LogP contribution in [0.3, 0.4) is 0 Å². The van der Waals surface area contributed by atoms with Gasteiger partial charge in [0, 0.05) is 22.6 Å². The Kier molecular flexibility index (Phi) is 5.71. The van der Waals surface area contributed by atoms with E-state index in [9.17, 15) is 4.79 Å². The maximum atomic E-state index is 10.7. The summed E-state index contributed by atoms with van der Waals surface area (Å²) in [6.07, 6.45) is 0.838. The number of thioether (sulfide) groups is 1. The summed E-state index contributed by atoms with van der Waals surface area (Å²) in [5, 5.41) is 0.748. The number of rotatable bonds is 5. The van der Waals surface area contributed by atoms with E-state index in [0.717, 1.165) is 17.2 Å². The topological polar surface area (TPSA) is 26.3 Å². The van der Waals surface area contributed by atoms with Crippen molar-refractivity contribution < 1.29 is 9.53 Å². The normalized spacial score (nSPS) is 12.2. The molecule has 1 aromatic carbocycles. The molecular formula is C12H15ClO2S. The predicted octanol–water partition coefficient (Wildman–Crippen LogP) is 3.77. The second-order valence-corrected chi connectivity index (χ2v) is 5.12. The number of hydrogen-bond acceptors (Lipinski definition) is 3. The minimum Gasteiger partial charge on any atom is -0.463 e. The number of carbonyl (C=O) groups is 1. The van der Waals surface area contributed by atoms with Gasteiger partial charge in [0.25, 0.3) is 0 Å². The molecule has 2 nitrogen and oxygen atoms in total. The third-order valence-electron chi connectivity index (χ3n) is 1.97. The molecule has 1 atom stereocenters. The van der Waals surface area contributed by atoms with Gasteiger partial charge in [-0.2, -0.15) is 0 Å². The van der Waals surface area contributed by atoms with Crippen LogP contribution in [0.25, 0.3) is 0 Å². The van der Waals surface area contributed by atoms with E-state index in [1.807, 2.05) is 31.2 Å². The van der Waals surface area contributed by atoms with Crippen molar-refractivity contribution in [1.29, 1.82) is 0 Å². The van der Waals surface area contributed by atoms with Gasteiger partial charge in [0.15, 0.2) is 0 Å². The van der Waals surface area contributed by atoms with Crippen molar-refractivity contribution in [3.63, 3.8) is 0 Å². The van der Waals surface area contributed by atoms with Gasteiger partial charge in [-0.1, -0.05) is 11.6 Å². The van der Waals surface area contributed by atoms with E-state index in [2.05, 4.69) is 0 Å². The third-order valence-corrected chi connectivity index (χ3v) is 3.27. The standard InChI is InChI=1S/C12H15ClO2S/c1-9(15-10(2)14)7-8-16-12-5-3-11(13)4-6-12/h3-6,9H,7-8H2,1-2H3/t9-/m1/s1. The fraction of sp³-hybridized carbons (Fsp3) is 0.417. The lowest BCUT2D eigenvalue weighted by molar-refractivity contribution is -0.145. The highest BCUT2D eigenvalue weighted by molar-refractivity contribution is 7.99. The Balaban J connectivity index is 2.25. The molecule has 0 saturated heterocycles. The van der Waals surface area contributed by atoms with E-state index in [4.69, 9.17) is 16.3 Å². The highest BCUT2D eigenvalue weighted by Crippen LogP contribution is 2.21. The van der Waals surface area contributed by atoms with Crippen LogP contribution in [-0.2, 0) is 9.53 Å². The van der Waals surface area contributed by atoms with Gasteiger partial charge >= 0.3 is 5.97 Å². The average Bonchev–Trinajstić information content (AvgIpc) is 2.20. The Bertz CT molecular complexity index is 337. The predicted molar refractivity (Wildman–Crippen MR) is 68.0 cm³/mol. The molecule has 0 bridgehead atoms. The molecule has 0 N–H and O–H groups in total. The molecule has 0 spiro atoms. The van der Waals surface area contributed by atoms with E-state index < -0.39 is 0 Å². The van der Waals surface area contributed by atoms with E-state index in [1.54, 1.807) is 11.8 Å². The molecule has 0 aliphatic carbocycles. The largest absolute Gasteiger partial charge is 0.463 e. The summed E-state index contributed by atoms with van der Waals surface area (Å²) in [5.41, 5.74) is 0. The van der Waals surface area contributed by atoms with Crippen LogP contribution in [0, 0.1) is 0 Å². The Hall–Kier alpha value is -0.670. The van der Waals surface area contributed by atoms with Gasteiger partial charge in [-0.25, -0.2) is 0 Å². The molecule has 0 fully saturated rings. The van der Waals surface area contributed by atoms with Gasteiger partial charge < -0.3 is 4.74 Å². The van der Waals surface area contributed by atoms with Gasteiger partial charge in [0.1, 0.15) is 0 Å². The first-order chi connectivity index (χ1) is 7.58. The van der Waals surface area contributed by atoms with Crippen LogP contribution in [-0.4, -0.2) is 17.8 Å². The summed E-state index contributed by atoms with van der Waals surface area (Å²) in [7, 11) is 0. The SMILES string of the molecule is CC(=O)O[C@H](C)CCSc1ccc(Cl)cc1. The van der Waals surface area contributed by atoms with Crippen molar-refractivity contribution in [3.05, 3.63) is 29.3 Å². The van der Waals surface area contributed by atoms with Crippen molar-refractivity contribution in [1.82, 2.24) is 0 Å². The van der Waals surface area contributed by atoms with Crippen molar-refractivity contribution in [3.8, 4) is 0 Å². The van der Waals surface area contributed by atoms with Crippen LogP contribution >= 0.6 is 23.4 Å². The number of hydrogen-bond donors (Lipinski definition) is 0. The Morgan fingerprint density at radius 2 is 2.06 bits per heavy atom. The summed E-state index contributed by atoms with van der Waals surface area (Å²) in [4.78, 5) is 11.9. The maximum absolute atomic E-state index is 10.7. The smallest absolute Gasteiger partial charge is 0.302 e. The lowest BCUT2D eigenvalue weighted by Crippen LogP contribution is -2.12. The Morgan fingerprint density at radius 3 is 2.62 bits per heavy atom. The van der Waals surface area contributed by atoms with Crippen LogP contribution in [0.5, 0.6) is 0 Å². The molecule has 0 aliphatic rings. The molecule has 0 amide bonds. The van der Waals surface area contributed by atoms with E-state index in [1.165, 1.54) is 11.8 Å². The molecule has 16 heavy (non-hydrogen) atoms. The molecule has 0 aliphatic heterocycles. The molecule has 4 heteroatoms. The summed E-state index contributed by atoms with van der Waals surface area (Å²) in [5.74, 6) is 0.708. The minimum absolute atomic E-state index is 0.0164. The van der Waals surface area contributed by atoms with Crippen LogP contribution in [0.1, 0.15) is 20.3 Å². The quantitative estimate of drug-likeness (QED) is 0.594. The molecule has 1 aromatic rings. The number of ether oxygens (including phenoxy) is 1. The number of esters is 1. The van der Waals surface area contributed by atoms with Crippen molar-refractivity contribution in [2.75, 3.05) is 5.75 Å². The summed E-state index contributed by atoms with van der Waals surface area (Å²) >= 11 is 7.52. The fourth-order valence-electron chi connectivity index (χ4n) is 1.22. The van der Waals surface area contributed by atoms with Crippen LogP contribution in [0.2, 0.25) is 5.02 Å². The average molecular weight is 259 g/mol. The lowest BCUT2D eigenvalue weighted by Gasteiger charge is -2.10. The van der Waals surface area contributed by atoms with Gasteiger partial charge in [-0.05, 0) is 37.6 Å². The monoisotopic (exact) mass is 258 g/mol. The minimum atomic E-state index is -0.219. The Morgan fingerprint density at radius 1 is 1.44 bits per heavy atom. The van der Waals surface area contributed by atoms with Crippen molar-refractivity contribution in [2.45, 2.75) is 31.3 Å². The Labute approximate surface area is 105 Å².